The number of carbonyl (C=O) groups excluding carboxylic acids is 2. The normalized spacial score (nSPS) is 16.0. The van der Waals surface area contributed by atoms with Crippen molar-refractivity contribution in [2.75, 3.05) is 19.7 Å². The van der Waals surface area contributed by atoms with Gasteiger partial charge in [-0.1, -0.05) is 0 Å². The molecule has 1 aliphatic rings. The van der Waals surface area contributed by atoms with Crippen LogP contribution in [0.4, 0.5) is 4.79 Å². The van der Waals surface area contributed by atoms with E-state index >= 15 is 0 Å². The topological polar surface area (TPSA) is 58.6 Å². The van der Waals surface area contributed by atoms with Crippen LogP contribution in [-0.2, 0) is 4.74 Å². The molecule has 2 amide bonds. The maximum absolute atomic E-state index is 12.0. The highest BCUT2D eigenvalue weighted by molar-refractivity contribution is 7.13. The van der Waals surface area contributed by atoms with Gasteiger partial charge in [0.1, 0.15) is 0 Å². The van der Waals surface area contributed by atoms with Crippen LogP contribution >= 0.6 is 11.3 Å². The summed E-state index contributed by atoms with van der Waals surface area (Å²) in [6.45, 7) is 5.45. The molecule has 0 saturated carbocycles. The lowest BCUT2D eigenvalue weighted by atomic mass is 10.1. The van der Waals surface area contributed by atoms with Crippen molar-refractivity contribution in [2.45, 2.75) is 32.7 Å². The first-order chi connectivity index (χ1) is 9.60. The zero-order chi connectivity index (χ0) is 14.5. The number of hydrogen-bond donors (Lipinski definition) is 1. The van der Waals surface area contributed by atoms with E-state index in [9.17, 15) is 9.59 Å². The van der Waals surface area contributed by atoms with Crippen molar-refractivity contribution < 1.29 is 14.3 Å². The average Bonchev–Trinajstić information content (AvgIpc) is 2.86. The summed E-state index contributed by atoms with van der Waals surface area (Å²) in [6.07, 6.45) is 1.29. The number of aryl methyl sites for hydroxylation is 1. The van der Waals surface area contributed by atoms with Gasteiger partial charge in [0.2, 0.25) is 0 Å². The van der Waals surface area contributed by atoms with Crippen molar-refractivity contribution >= 4 is 23.3 Å². The van der Waals surface area contributed by atoms with E-state index in [1.54, 1.807) is 11.8 Å². The predicted molar refractivity (Wildman–Crippen MR) is 78.1 cm³/mol. The first kappa shape index (κ1) is 14.8. The third kappa shape index (κ3) is 3.72. The molecule has 1 aliphatic heterocycles. The highest BCUT2D eigenvalue weighted by Crippen LogP contribution is 2.17. The number of carbonyl (C=O) groups is 2. The molecule has 0 bridgehead atoms. The van der Waals surface area contributed by atoms with Crippen LogP contribution in [0.25, 0.3) is 0 Å². The van der Waals surface area contributed by atoms with Crippen LogP contribution in [0.3, 0.4) is 0 Å². The van der Waals surface area contributed by atoms with Crippen LogP contribution < -0.4 is 5.32 Å². The fraction of sp³-hybridized carbons (Fsp3) is 0.571. The first-order valence-electron chi connectivity index (χ1n) is 6.89. The summed E-state index contributed by atoms with van der Waals surface area (Å²) >= 11 is 1.50. The number of piperidine rings is 1. The van der Waals surface area contributed by atoms with Gasteiger partial charge in [-0.05, 0) is 38.8 Å². The van der Waals surface area contributed by atoms with E-state index in [2.05, 4.69) is 5.32 Å². The van der Waals surface area contributed by atoms with E-state index in [0.717, 1.165) is 22.6 Å². The van der Waals surface area contributed by atoms with Crippen molar-refractivity contribution in [1.82, 2.24) is 10.2 Å². The second-order valence-electron chi connectivity index (χ2n) is 4.84. The van der Waals surface area contributed by atoms with E-state index in [1.807, 2.05) is 19.1 Å². The quantitative estimate of drug-likeness (QED) is 0.932. The van der Waals surface area contributed by atoms with Crippen LogP contribution in [0.2, 0.25) is 0 Å². The predicted octanol–water partition coefficient (Wildman–Crippen LogP) is 2.41. The van der Waals surface area contributed by atoms with Gasteiger partial charge < -0.3 is 15.0 Å². The Morgan fingerprint density at radius 3 is 2.65 bits per heavy atom. The van der Waals surface area contributed by atoms with E-state index in [0.29, 0.717) is 19.7 Å². The molecule has 1 saturated heterocycles. The number of amides is 2. The summed E-state index contributed by atoms with van der Waals surface area (Å²) in [5.74, 6) is -0.0160. The van der Waals surface area contributed by atoms with Crippen molar-refractivity contribution in [3.63, 3.8) is 0 Å². The average molecular weight is 296 g/mol. The first-order valence-corrected chi connectivity index (χ1v) is 7.70. The number of nitrogens with zero attached hydrogens (tertiary/aromatic N) is 1. The fourth-order valence-electron chi connectivity index (χ4n) is 2.23. The Labute approximate surface area is 122 Å². The molecule has 2 rings (SSSR count). The maximum Gasteiger partial charge on any atom is 0.409 e. The number of rotatable bonds is 3. The van der Waals surface area contributed by atoms with Crippen molar-refractivity contribution in [3.05, 3.63) is 21.9 Å². The van der Waals surface area contributed by atoms with Gasteiger partial charge in [0.25, 0.3) is 5.91 Å². The largest absolute Gasteiger partial charge is 0.450 e. The van der Waals surface area contributed by atoms with Gasteiger partial charge in [0.15, 0.2) is 0 Å². The lowest BCUT2D eigenvalue weighted by molar-refractivity contribution is 0.0863. The van der Waals surface area contributed by atoms with E-state index in [4.69, 9.17) is 4.74 Å². The Kier molecular flexibility index (Phi) is 5.00. The monoisotopic (exact) mass is 296 g/mol. The molecule has 0 unspecified atom stereocenters. The second kappa shape index (κ2) is 6.74. The maximum atomic E-state index is 12.0. The molecule has 0 aliphatic carbocycles. The van der Waals surface area contributed by atoms with E-state index in [-0.39, 0.29) is 18.0 Å². The molecule has 0 aromatic carbocycles. The number of hydrogen-bond acceptors (Lipinski definition) is 4. The molecule has 1 fully saturated rings. The van der Waals surface area contributed by atoms with Gasteiger partial charge in [-0.25, -0.2) is 4.79 Å². The molecule has 5 nitrogen and oxygen atoms in total. The SMILES string of the molecule is CCOC(=O)N1CCC(NC(=O)c2ccc(C)s2)CC1. The molecule has 2 heterocycles. The molecular weight excluding hydrogens is 276 g/mol. The van der Waals surface area contributed by atoms with E-state index in [1.165, 1.54) is 11.3 Å². The molecule has 20 heavy (non-hydrogen) atoms. The third-order valence-corrected chi connectivity index (χ3v) is 4.32. The highest BCUT2D eigenvalue weighted by Gasteiger charge is 2.24. The number of nitrogens with one attached hydrogen (secondary N) is 1. The second-order valence-corrected chi connectivity index (χ2v) is 6.13. The summed E-state index contributed by atoms with van der Waals surface area (Å²) in [7, 11) is 0. The van der Waals surface area contributed by atoms with Crippen LogP contribution in [0.15, 0.2) is 12.1 Å². The van der Waals surface area contributed by atoms with Gasteiger partial charge in [-0.15, -0.1) is 11.3 Å². The highest BCUT2D eigenvalue weighted by atomic mass is 32.1. The van der Waals surface area contributed by atoms with Crippen molar-refractivity contribution in [2.24, 2.45) is 0 Å². The van der Waals surface area contributed by atoms with Crippen molar-refractivity contribution in [3.8, 4) is 0 Å². The van der Waals surface area contributed by atoms with Gasteiger partial charge >= 0.3 is 6.09 Å². The van der Waals surface area contributed by atoms with Gasteiger partial charge in [-0.3, -0.25) is 4.79 Å². The zero-order valence-corrected chi connectivity index (χ0v) is 12.7. The van der Waals surface area contributed by atoms with Gasteiger partial charge in [0, 0.05) is 24.0 Å². The zero-order valence-electron chi connectivity index (χ0n) is 11.8. The summed E-state index contributed by atoms with van der Waals surface area (Å²) in [4.78, 5) is 27.2. The standard InChI is InChI=1S/C14H20N2O3S/c1-3-19-14(18)16-8-6-11(7-9-16)15-13(17)12-5-4-10(2)20-12/h4-5,11H,3,6-9H2,1-2H3,(H,15,17). The molecule has 6 heteroatoms. The van der Waals surface area contributed by atoms with Crippen LogP contribution in [0.5, 0.6) is 0 Å². The molecule has 0 atom stereocenters. The molecule has 1 aromatic heterocycles. The summed E-state index contributed by atoms with van der Waals surface area (Å²) in [5, 5.41) is 3.03. The molecular formula is C14H20N2O3S. The number of thiophene rings is 1. The third-order valence-electron chi connectivity index (χ3n) is 3.32. The molecule has 110 valence electrons. The Bertz CT molecular complexity index is 479. The Morgan fingerprint density at radius 2 is 2.10 bits per heavy atom. The van der Waals surface area contributed by atoms with Crippen LogP contribution in [-0.4, -0.2) is 42.6 Å². The minimum absolute atomic E-state index is 0.0160. The lowest BCUT2D eigenvalue weighted by Crippen LogP contribution is -2.46. The smallest absolute Gasteiger partial charge is 0.409 e. The minimum Gasteiger partial charge on any atom is -0.450 e. The lowest BCUT2D eigenvalue weighted by Gasteiger charge is -2.31. The van der Waals surface area contributed by atoms with Crippen molar-refractivity contribution in [1.29, 1.82) is 0 Å². The number of ether oxygens (including phenoxy) is 1. The molecule has 0 spiro atoms. The summed E-state index contributed by atoms with van der Waals surface area (Å²) < 4.78 is 4.97. The summed E-state index contributed by atoms with van der Waals surface area (Å²) in [6, 6.07) is 3.93. The molecule has 1 N–H and O–H groups in total. The molecule has 1 aromatic rings. The minimum atomic E-state index is -0.258. The fourth-order valence-corrected chi connectivity index (χ4v) is 3.00. The van der Waals surface area contributed by atoms with Crippen LogP contribution in [0.1, 0.15) is 34.3 Å². The van der Waals surface area contributed by atoms with Crippen LogP contribution in [0, 0.1) is 6.92 Å². The Morgan fingerprint density at radius 1 is 1.40 bits per heavy atom. The van der Waals surface area contributed by atoms with Gasteiger partial charge in [0.05, 0.1) is 11.5 Å². The Hall–Kier alpha value is -1.56. The summed E-state index contributed by atoms with van der Waals surface area (Å²) in [5.41, 5.74) is 0. The van der Waals surface area contributed by atoms with Gasteiger partial charge in [-0.2, -0.15) is 0 Å². The number of likely N-dealkylation sites (tertiary alicyclic amines) is 1. The Balaban J connectivity index is 1.80. The molecule has 0 radical (unpaired) electrons. The van der Waals surface area contributed by atoms with E-state index < -0.39 is 0 Å².